The Hall–Kier alpha value is -0.920. The molecule has 0 amide bonds. The van der Waals surface area contributed by atoms with Crippen LogP contribution in [0.2, 0.25) is 0 Å². The van der Waals surface area contributed by atoms with Gasteiger partial charge >= 0.3 is 0 Å². The van der Waals surface area contributed by atoms with Gasteiger partial charge in [-0.25, -0.2) is 8.42 Å². The maximum atomic E-state index is 12.2. The molecule has 1 unspecified atom stereocenters. The summed E-state index contributed by atoms with van der Waals surface area (Å²) in [5.74, 6) is 0. The summed E-state index contributed by atoms with van der Waals surface area (Å²) >= 11 is 1.20. The van der Waals surface area contributed by atoms with Crippen LogP contribution < -0.4 is 5.73 Å². The molecule has 0 saturated heterocycles. The predicted molar refractivity (Wildman–Crippen MR) is 82.2 cm³/mol. The zero-order chi connectivity index (χ0) is 13.9. The van der Waals surface area contributed by atoms with Crippen molar-refractivity contribution in [3.05, 3.63) is 47.3 Å². The van der Waals surface area contributed by atoms with E-state index >= 15 is 0 Å². The van der Waals surface area contributed by atoms with Crippen LogP contribution in [0.5, 0.6) is 0 Å². The van der Waals surface area contributed by atoms with Gasteiger partial charge in [-0.15, -0.1) is 23.7 Å². The molecule has 1 atom stereocenters. The maximum Gasteiger partial charge on any atom is 0.215 e. The minimum absolute atomic E-state index is 0. The van der Waals surface area contributed by atoms with Gasteiger partial charge < -0.3 is 10.8 Å². The predicted octanol–water partition coefficient (Wildman–Crippen LogP) is 1.86. The van der Waals surface area contributed by atoms with Crippen LogP contribution in [0.25, 0.3) is 0 Å². The van der Waals surface area contributed by atoms with Gasteiger partial charge in [-0.2, -0.15) is 0 Å². The molecule has 110 valence electrons. The molecule has 3 N–H and O–H groups in total. The van der Waals surface area contributed by atoms with Crippen molar-refractivity contribution >= 4 is 33.6 Å². The number of hydrogen-bond acceptors (Lipinski definition) is 5. The van der Waals surface area contributed by atoms with Gasteiger partial charge in [0, 0.05) is 6.04 Å². The zero-order valence-electron chi connectivity index (χ0n) is 10.6. The van der Waals surface area contributed by atoms with Gasteiger partial charge in [0.1, 0.15) is 4.21 Å². The summed E-state index contributed by atoms with van der Waals surface area (Å²) in [6, 6.07) is 9.61. The molecule has 0 aliphatic heterocycles. The minimum atomic E-state index is -3.41. The molecule has 0 fully saturated rings. The van der Waals surface area contributed by atoms with E-state index in [1.54, 1.807) is 41.8 Å². The van der Waals surface area contributed by atoms with Gasteiger partial charge in [0.05, 0.1) is 11.5 Å². The van der Waals surface area contributed by atoms with Crippen molar-refractivity contribution in [2.75, 3.05) is 6.61 Å². The Morgan fingerprint density at radius 2 is 1.85 bits per heavy atom. The first-order valence-corrected chi connectivity index (χ1v) is 8.14. The number of sulfone groups is 1. The van der Waals surface area contributed by atoms with Gasteiger partial charge in [0.15, 0.2) is 0 Å². The standard InChI is InChI=1S/C13H15NO3S2.ClH/c14-11(9-15)8-10-3-5-12(6-4-10)19(16,17)13-2-1-7-18-13;/h1-7,11,15H,8-9,14H2;1H. The summed E-state index contributed by atoms with van der Waals surface area (Å²) in [6.45, 7) is -0.0881. The highest BCUT2D eigenvalue weighted by atomic mass is 35.5. The third-order valence-corrected chi connectivity index (χ3v) is 5.89. The summed E-state index contributed by atoms with van der Waals surface area (Å²) in [5, 5.41) is 10.6. The van der Waals surface area contributed by atoms with Crippen LogP contribution >= 0.6 is 23.7 Å². The van der Waals surface area contributed by atoms with Gasteiger partial charge in [0.2, 0.25) is 9.84 Å². The Labute approximate surface area is 128 Å². The highest BCUT2D eigenvalue weighted by Crippen LogP contribution is 2.25. The first kappa shape index (κ1) is 17.1. The number of halogens is 1. The topological polar surface area (TPSA) is 80.4 Å². The van der Waals surface area contributed by atoms with E-state index in [1.165, 1.54) is 11.3 Å². The van der Waals surface area contributed by atoms with Crippen molar-refractivity contribution in [1.82, 2.24) is 0 Å². The van der Waals surface area contributed by atoms with Crippen molar-refractivity contribution in [3.8, 4) is 0 Å². The van der Waals surface area contributed by atoms with Gasteiger partial charge in [-0.1, -0.05) is 18.2 Å². The molecule has 20 heavy (non-hydrogen) atoms. The van der Waals surface area contributed by atoms with E-state index in [9.17, 15) is 8.42 Å². The first-order valence-electron chi connectivity index (χ1n) is 5.78. The van der Waals surface area contributed by atoms with E-state index in [2.05, 4.69) is 0 Å². The van der Waals surface area contributed by atoms with Crippen LogP contribution in [0.3, 0.4) is 0 Å². The quantitative estimate of drug-likeness (QED) is 0.875. The molecule has 2 aromatic rings. The fourth-order valence-electron chi connectivity index (χ4n) is 1.70. The molecule has 1 heterocycles. The summed E-state index contributed by atoms with van der Waals surface area (Å²) in [4.78, 5) is 0.274. The van der Waals surface area contributed by atoms with Crippen LogP contribution in [-0.2, 0) is 16.3 Å². The molecule has 2 rings (SSSR count). The summed E-state index contributed by atoms with van der Waals surface area (Å²) in [7, 11) is -3.41. The molecule has 7 heteroatoms. The molecule has 0 spiro atoms. The first-order chi connectivity index (χ1) is 9.04. The lowest BCUT2D eigenvalue weighted by Crippen LogP contribution is -2.26. The average molecular weight is 334 g/mol. The van der Waals surface area contributed by atoms with E-state index in [1.807, 2.05) is 0 Å². The number of benzene rings is 1. The minimum Gasteiger partial charge on any atom is -0.395 e. The normalized spacial score (nSPS) is 12.7. The Bertz CT molecular complexity index is 624. The number of aliphatic hydroxyl groups excluding tert-OH is 1. The molecular weight excluding hydrogens is 318 g/mol. The number of aliphatic hydroxyl groups is 1. The molecule has 1 aromatic carbocycles. The van der Waals surface area contributed by atoms with E-state index in [-0.39, 0.29) is 30.0 Å². The summed E-state index contributed by atoms with van der Waals surface area (Å²) < 4.78 is 24.8. The van der Waals surface area contributed by atoms with Crippen molar-refractivity contribution < 1.29 is 13.5 Å². The molecule has 0 aliphatic rings. The summed E-state index contributed by atoms with van der Waals surface area (Å²) in [6.07, 6.45) is 0.524. The van der Waals surface area contributed by atoms with E-state index in [0.29, 0.717) is 10.6 Å². The third-order valence-electron chi connectivity index (χ3n) is 2.73. The highest BCUT2D eigenvalue weighted by molar-refractivity contribution is 7.93. The maximum absolute atomic E-state index is 12.2. The van der Waals surface area contributed by atoms with Gasteiger partial charge in [0.25, 0.3) is 0 Å². The van der Waals surface area contributed by atoms with E-state index < -0.39 is 9.84 Å². The Kier molecular flexibility index (Phi) is 6.16. The fraction of sp³-hybridized carbons (Fsp3) is 0.231. The summed E-state index contributed by atoms with van der Waals surface area (Å²) in [5.41, 5.74) is 6.55. The molecule has 0 saturated carbocycles. The van der Waals surface area contributed by atoms with Gasteiger partial charge in [-0.05, 0) is 35.6 Å². The number of hydrogen-bond donors (Lipinski definition) is 2. The van der Waals surface area contributed by atoms with Crippen LogP contribution in [0.15, 0.2) is 50.9 Å². The third kappa shape index (κ3) is 3.80. The molecular formula is C13H16ClNO3S2. The highest BCUT2D eigenvalue weighted by Gasteiger charge is 2.18. The monoisotopic (exact) mass is 333 g/mol. The van der Waals surface area contributed by atoms with Crippen molar-refractivity contribution in [1.29, 1.82) is 0 Å². The number of nitrogens with two attached hydrogens (primary N) is 1. The number of rotatable bonds is 5. The second-order valence-corrected chi connectivity index (χ2v) is 7.35. The second kappa shape index (κ2) is 7.19. The SMILES string of the molecule is Cl.NC(CO)Cc1ccc(S(=O)(=O)c2cccs2)cc1. The van der Waals surface area contributed by atoms with Crippen LogP contribution in [-0.4, -0.2) is 26.2 Å². The lowest BCUT2D eigenvalue weighted by atomic mass is 10.1. The second-order valence-electron chi connectivity index (χ2n) is 4.23. The zero-order valence-corrected chi connectivity index (χ0v) is 13.0. The van der Waals surface area contributed by atoms with Gasteiger partial charge in [-0.3, -0.25) is 0 Å². The Balaban J connectivity index is 0.00000200. The van der Waals surface area contributed by atoms with Crippen LogP contribution in [0, 0.1) is 0 Å². The van der Waals surface area contributed by atoms with Crippen LogP contribution in [0.1, 0.15) is 5.56 Å². The fourth-order valence-corrected chi connectivity index (χ4v) is 4.10. The molecule has 4 nitrogen and oxygen atoms in total. The Morgan fingerprint density at radius 3 is 2.35 bits per heavy atom. The smallest absolute Gasteiger partial charge is 0.215 e. The molecule has 0 radical (unpaired) electrons. The molecule has 0 aliphatic carbocycles. The lowest BCUT2D eigenvalue weighted by Gasteiger charge is -2.08. The van der Waals surface area contributed by atoms with Crippen molar-refractivity contribution in [2.24, 2.45) is 5.73 Å². The van der Waals surface area contributed by atoms with E-state index in [0.717, 1.165) is 5.56 Å². The van der Waals surface area contributed by atoms with Crippen LogP contribution in [0.4, 0.5) is 0 Å². The van der Waals surface area contributed by atoms with E-state index in [4.69, 9.17) is 10.8 Å². The average Bonchev–Trinajstić information content (AvgIpc) is 2.94. The van der Waals surface area contributed by atoms with Crippen molar-refractivity contribution in [3.63, 3.8) is 0 Å². The molecule has 0 bridgehead atoms. The largest absolute Gasteiger partial charge is 0.395 e. The molecule has 1 aromatic heterocycles. The number of thiophene rings is 1. The lowest BCUT2D eigenvalue weighted by molar-refractivity contribution is 0.265. The Morgan fingerprint density at radius 1 is 1.20 bits per heavy atom. The van der Waals surface area contributed by atoms with Crippen molar-refractivity contribution in [2.45, 2.75) is 21.6 Å².